The third kappa shape index (κ3) is 4.62. The number of ketones is 1. The lowest BCUT2D eigenvalue weighted by atomic mass is 9.94. The van der Waals surface area contributed by atoms with Crippen LogP contribution in [0.25, 0.3) is 16.0 Å². The molecule has 2 aliphatic heterocycles. The van der Waals surface area contributed by atoms with Crippen LogP contribution in [0.15, 0.2) is 66.2 Å². The van der Waals surface area contributed by atoms with E-state index in [1.54, 1.807) is 12.1 Å². The normalized spacial score (nSPS) is 19.7. The second kappa shape index (κ2) is 10.4. The number of rotatable bonds is 7. The molecular formula is C32H30N2O5S. The number of unbranched alkanes of at least 4 members (excludes halogenated alkanes) is 1. The van der Waals surface area contributed by atoms with Crippen molar-refractivity contribution >= 4 is 44.1 Å². The lowest BCUT2D eigenvalue weighted by Crippen LogP contribution is -2.29. The van der Waals surface area contributed by atoms with Crippen molar-refractivity contribution in [1.82, 2.24) is 4.98 Å². The number of hydrogen-bond donors (Lipinski definition) is 1. The summed E-state index contributed by atoms with van der Waals surface area (Å²) in [5.74, 6) is -0.288. The summed E-state index contributed by atoms with van der Waals surface area (Å²) in [7, 11) is 0. The number of carbonyl (C=O) groups is 2. The second-order valence-corrected chi connectivity index (χ2v) is 11.4. The molecule has 3 aromatic carbocycles. The summed E-state index contributed by atoms with van der Waals surface area (Å²) in [6.07, 6.45) is 2.66. The Balaban J connectivity index is 1.50. The van der Waals surface area contributed by atoms with Crippen molar-refractivity contribution in [1.29, 1.82) is 0 Å². The average Bonchev–Trinajstić information content (AvgIpc) is 3.60. The molecule has 3 heterocycles. The van der Waals surface area contributed by atoms with Gasteiger partial charge in [0.2, 0.25) is 0 Å². The van der Waals surface area contributed by atoms with Crippen molar-refractivity contribution in [2.45, 2.75) is 52.2 Å². The summed E-state index contributed by atoms with van der Waals surface area (Å²) in [6.45, 7) is 6.64. The van der Waals surface area contributed by atoms with Crippen molar-refractivity contribution in [2.75, 3.05) is 11.5 Å². The molecule has 2 aliphatic rings. The van der Waals surface area contributed by atoms with Crippen molar-refractivity contribution in [3.63, 3.8) is 0 Å². The minimum atomic E-state index is -0.875. The number of aryl methyl sites for hydroxylation is 1. The maximum absolute atomic E-state index is 13.7. The van der Waals surface area contributed by atoms with Crippen LogP contribution in [0.4, 0.5) is 5.13 Å². The Labute approximate surface area is 236 Å². The number of aliphatic hydroxyl groups excluding tert-OH is 1. The lowest BCUT2D eigenvalue weighted by Gasteiger charge is -2.23. The molecule has 1 amide bonds. The summed E-state index contributed by atoms with van der Waals surface area (Å²) in [6, 6.07) is 17.8. The van der Waals surface area contributed by atoms with Gasteiger partial charge in [-0.3, -0.25) is 14.5 Å². The molecule has 1 N–H and O–H groups in total. The number of ether oxygens (including phenoxy) is 2. The van der Waals surface area contributed by atoms with Crippen molar-refractivity contribution < 1.29 is 24.2 Å². The van der Waals surface area contributed by atoms with E-state index in [0.29, 0.717) is 35.0 Å². The van der Waals surface area contributed by atoms with Crippen LogP contribution in [0.3, 0.4) is 0 Å². The summed E-state index contributed by atoms with van der Waals surface area (Å²) >= 11 is 1.35. The van der Waals surface area contributed by atoms with Gasteiger partial charge in [0.1, 0.15) is 23.4 Å². The number of fused-ring (bicyclic) bond motifs is 2. The molecule has 0 bridgehead atoms. The molecule has 4 aromatic rings. The first-order chi connectivity index (χ1) is 19.3. The van der Waals surface area contributed by atoms with Crippen LogP contribution >= 0.6 is 11.3 Å². The van der Waals surface area contributed by atoms with Crippen molar-refractivity contribution in [3.05, 3.63) is 88.5 Å². The molecule has 1 fully saturated rings. The first-order valence-corrected chi connectivity index (χ1v) is 14.4. The van der Waals surface area contributed by atoms with Gasteiger partial charge < -0.3 is 14.6 Å². The largest absolute Gasteiger partial charge is 0.507 e. The standard InChI is InChI=1S/C32H30N2O5S/c1-4-5-13-38-23-8-6-7-20(17-23)28-27(29(35)21-10-12-25-22(16-21)15-19(3)39-25)30(36)31(37)34(28)32-33-24-11-9-18(2)14-26(24)40-32/h6-12,14,16-17,19,28,35H,4-5,13,15H2,1-3H3/b29-27+/t19-,28+/m1/s1. The van der Waals surface area contributed by atoms with Crippen LogP contribution in [0.1, 0.15) is 55.0 Å². The highest BCUT2D eigenvalue weighted by molar-refractivity contribution is 7.22. The van der Waals surface area contributed by atoms with Gasteiger partial charge in [-0.1, -0.05) is 42.9 Å². The van der Waals surface area contributed by atoms with E-state index in [2.05, 4.69) is 6.92 Å². The van der Waals surface area contributed by atoms with E-state index in [4.69, 9.17) is 14.5 Å². The minimum Gasteiger partial charge on any atom is -0.507 e. The van der Waals surface area contributed by atoms with Gasteiger partial charge in [-0.25, -0.2) is 4.98 Å². The van der Waals surface area contributed by atoms with Gasteiger partial charge in [0.25, 0.3) is 5.78 Å². The number of aliphatic hydroxyl groups is 1. The fourth-order valence-electron chi connectivity index (χ4n) is 5.30. The third-order valence-electron chi connectivity index (χ3n) is 7.29. The Morgan fingerprint density at radius 3 is 2.83 bits per heavy atom. The van der Waals surface area contributed by atoms with Gasteiger partial charge in [0.05, 0.1) is 28.4 Å². The maximum Gasteiger partial charge on any atom is 0.301 e. The zero-order chi connectivity index (χ0) is 28.0. The van der Waals surface area contributed by atoms with E-state index in [9.17, 15) is 14.7 Å². The van der Waals surface area contributed by atoms with E-state index in [1.807, 2.05) is 62.4 Å². The second-order valence-electron chi connectivity index (χ2n) is 10.4. The van der Waals surface area contributed by atoms with Gasteiger partial charge in [-0.2, -0.15) is 0 Å². The number of nitrogens with zero attached hydrogens (tertiary/aromatic N) is 2. The average molecular weight is 555 g/mol. The molecule has 6 rings (SSSR count). The van der Waals surface area contributed by atoms with E-state index >= 15 is 0 Å². The van der Waals surface area contributed by atoms with E-state index < -0.39 is 17.7 Å². The first-order valence-electron chi connectivity index (χ1n) is 13.5. The zero-order valence-electron chi connectivity index (χ0n) is 22.6. The predicted molar refractivity (Wildman–Crippen MR) is 156 cm³/mol. The summed E-state index contributed by atoms with van der Waals surface area (Å²) in [5, 5.41) is 12.0. The van der Waals surface area contributed by atoms with Crippen molar-refractivity contribution in [2.24, 2.45) is 0 Å². The lowest BCUT2D eigenvalue weighted by molar-refractivity contribution is -0.132. The number of benzene rings is 3. The molecule has 8 heteroatoms. The molecule has 0 unspecified atom stereocenters. The third-order valence-corrected chi connectivity index (χ3v) is 8.31. The van der Waals surface area contributed by atoms with E-state index in [1.165, 1.54) is 16.2 Å². The van der Waals surface area contributed by atoms with Gasteiger partial charge in [-0.05, 0) is 79.4 Å². The number of aromatic nitrogens is 1. The number of carbonyl (C=O) groups excluding carboxylic acids is 2. The monoisotopic (exact) mass is 554 g/mol. The highest BCUT2D eigenvalue weighted by Gasteiger charge is 2.48. The smallest absolute Gasteiger partial charge is 0.301 e. The maximum atomic E-state index is 13.7. The summed E-state index contributed by atoms with van der Waals surface area (Å²) < 4.78 is 12.7. The van der Waals surface area contributed by atoms with Gasteiger partial charge in [0.15, 0.2) is 5.13 Å². The summed E-state index contributed by atoms with van der Waals surface area (Å²) in [5.41, 5.74) is 3.93. The topological polar surface area (TPSA) is 89.0 Å². The zero-order valence-corrected chi connectivity index (χ0v) is 23.5. The fourth-order valence-corrected chi connectivity index (χ4v) is 6.39. The molecule has 204 valence electrons. The molecule has 0 spiro atoms. The Hall–Kier alpha value is -4.17. The Kier molecular flexibility index (Phi) is 6.80. The van der Waals surface area contributed by atoms with Gasteiger partial charge >= 0.3 is 5.91 Å². The van der Waals surface area contributed by atoms with Crippen molar-refractivity contribution in [3.8, 4) is 11.5 Å². The molecule has 1 saturated heterocycles. The number of anilines is 1. The minimum absolute atomic E-state index is 0.0260. The number of Topliss-reactive ketones (excluding diaryl/α,β-unsaturated/α-hetero) is 1. The molecule has 40 heavy (non-hydrogen) atoms. The quantitative estimate of drug-likeness (QED) is 0.118. The molecule has 2 atom stereocenters. The first kappa shape index (κ1) is 26.1. The number of amides is 1. The van der Waals surface area contributed by atoms with Crippen LogP contribution in [0.2, 0.25) is 0 Å². The molecule has 0 aliphatic carbocycles. The number of thiazole rings is 1. The van der Waals surface area contributed by atoms with E-state index in [-0.39, 0.29) is 17.4 Å². The highest BCUT2D eigenvalue weighted by Crippen LogP contribution is 2.45. The van der Waals surface area contributed by atoms with Crippen LogP contribution in [-0.4, -0.2) is 34.5 Å². The van der Waals surface area contributed by atoms with Crippen LogP contribution in [-0.2, 0) is 16.0 Å². The predicted octanol–water partition coefficient (Wildman–Crippen LogP) is 6.73. The molecule has 0 radical (unpaired) electrons. The SMILES string of the molecule is CCCCOc1cccc([C@H]2/C(=C(\O)c3ccc4c(c3)C[C@@H](C)O4)C(=O)C(=O)N2c2nc3ccc(C)cc3s2)c1. The fraction of sp³-hybridized carbons (Fsp3) is 0.281. The van der Waals surface area contributed by atoms with Crippen LogP contribution in [0.5, 0.6) is 11.5 Å². The Morgan fingerprint density at radius 1 is 1.15 bits per heavy atom. The highest BCUT2D eigenvalue weighted by atomic mass is 32.1. The van der Waals surface area contributed by atoms with Crippen LogP contribution < -0.4 is 14.4 Å². The van der Waals surface area contributed by atoms with Gasteiger partial charge in [0, 0.05) is 12.0 Å². The summed E-state index contributed by atoms with van der Waals surface area (Å²) in [4.78, 5) is 33.4. The van der Waals surface area contributed by atoms with Gasteiger partial charge in [-0.15, -0.1) is 0 Å². The Bertz CT molecular complexity index is 1670. The number of hydrogen-bond acceptors (Lipinski definition) is 7. The molecule has 0 saturated carbocycles. The molecular weight excluding hydrogens is 524 g/mol. The molecule has 7 nitrogen and oxygen atoms in total. The Morgan fingerprint density at radius 2 is 2.00 bits per heavy atom. The van der Waals surface area contributed by atoms with Crippen LogP contribution in [0, 0.1) is 6.92 Å². The van der Waals surface area contributed by atoms with E-state index in [0.717, 1.165) is 39.9 Å². The molecule has 1 aromatic heterocycles.